The average Bonchev–Trinajstić information content (AvgIpc) is 3.37. The quantitative estimate of drug-likeness (QED) is 0.540. The van der Waals surface area contributed by atoms with Gasteiger partial charge in [0.05, 0.1) is 19.9 Å². The summed E-state index contributed by atoms with van der Waals surface area (Å²) < 4.78 is 12.8. The van der Waals surface area contributed by atoms with Gasteiger partial charge in [-0.25, -0.2) is 4.68 Å². The molecule has 0 bridgehead atoms. The van der Waals surface area contributed by atoms with E-state index in [1.807, 2.05) is 23.0 Å². The summed E-state index contributed by atoms with van der Waals surface area (Å²) in [7, 11) is 3.35. The van der Waals surface area contributed by atoms with Gasteiger partial charge < -0.3 is 14.6 Å². The van der Waals surface area contributed by atoms with Crippen molar-refractivity contribution in [3.63, 3.8) is 0 Å². The van der Waals surface area contributed by atoms with E-state index in [1.165, 1.54) is 11.1 Å². The van der Waals surface area contributed by atoms with E-state index in [4.69, 9.17) is 9.47 Å². The maximum atomic E-state index is 9.71. The number of nitrogens with zero attached hydrogens (tertiary/aromatic N) is 4. The number of rotatable bonds is 9. The van der Waals surface area contributed by atoms with Crippen LogP contribution in [0.4, 0.5) is 0 Å². The van der Waals surface area contributed by atoms with E-state index in [0.717, 1.165) is 61.9 Å². The van der Waals surface area contributed by atoms with Crippen LogP contribution in [0, 0.1) is 6.92 Å². The summed E-state index contributed by atoms with van der Waals surface area (Å²) in [6.07, 6.45) is 4.52. The highest BCUT2D eigenvalue weighted by atomic mass is 16.5. The van der Waals surface area contributed by atoms with Crippen LogP contribution in [0.25, 0.3) is 5.69 Å². The van der Waals surface area contributed by atoms with Gasteiger partial charge in [0.2, 0.25) is 0 Å². The molecule has 7 heteroatoms. The summed E-state index contributed by atoms with van der Waals surface area (Å²) in [5.74, 6) is 1.60. The predicted molar refractivity (Wildman–Crippen MR) is 129 cm³/mol. The largest absolute Gasteiger partial charge is 0.497 e. The Kier molecular flexibility index (Phi) is 7.65. The van der Waals surface area contributed by atoms with Gasteiger partial charge in [0.1, 0.15) is 11.5 Å². The second-order valence-electron chi connectivity index (χ2n) is 8.65. The summed E-state index contributed by atoms with van der Waals surface area (Å²) in [6, 6.07) is 14.8. The molecule has 0 aliphatic carbocycles. The Balaban J connectivity index is 1.43. The molecule has 33 heavy (non-hydrogen) atoms. The number of benzene rings is 2. The van der Waals surface area contributed by atoms with Crippen molar-refractivity contribution in [1.29, 1.82) is 0 Å². The number of hydrogen-bond acceptors (Lipinski definition) is 6. The van der Waals surface area contributed by atoms with Crippen LogP contribution < -0.4 is 9.47 Å². The van der Waals surface area contributed by atoms with E-state index in [1.54, 1.807) is 20.4 Å². The van der Waals surface area contributed by atoms with E-state index < -0.39 is 0 Å². The molecule has 1 fully saturated rings. The second-order valence-corrected chi connectivity index (χ2v) is 8.65. The first-order valence-corrected chi connectivity index (χ1v) is 11.5. The maximum absolute atomic E-state index is 9.71. The minimum atomic E-state index is 0.189. The standard InChI is InChI=1S/C26H34N4O3/c1-20-13-23(30-9-4-8-27-30)6-5-22(20)18-28-10-11-29(24(19-28)7-12-31)17-21-14-25(32-2)16-26(15-21)33-3/h4-6,8-9,13-16,24,31H,7,10-12,17-19H2,1-3H3. The number of piperazine rings is 1. The van der Waals surface area contributed by atoms with Gasteiger partial charge in [-0.05, 0) is 60.4 Å². The molecule has 1 aliphatic heterocycles. The Labute approximate surface area is 196 Å². The third-order valence-corrected chi connectivity index (χ3v) is 6.44. The molecule has 0 radical (unpaired) electrons. The molecule has 0 spiro atoms. The van der Waals surface area contributed by atoms with Crippen molar-refractivity contribution in [2.45, 2.75) is 32.5 Å². The van der Waals surface area contributed by atoms with Gasteiger partial charge >= 0.3 is 0 Å². The van der Waals surface area contributed by atoms with Crippen molar-refractivity contribution in [1.82, 2.24) is 19.6 Å². The second kappa shape index (κ2) is 10.8. The Morgan fingerprint density at radius 2 is 1.82 bits per heavy atom. The molecule has 0 amide bonds. The van der Waals surface area contributed by atoms with Crippen molar-refractivity contribution in [3.05, 3.63) is 71.5 Å². The third kappa shape index (κ3) is 5.74. The fraction of sp³-hybridized carbons (Fsp3) is 0.423. The Morgan fingerprint density at radius 3 is 2.45 bits per heavy atom. The van der Waals surface area contributed by atoms with Gasteiger partial charge in [-0.15, -0.1) is 0 Å². The lowest BCUT2D eigenvalue weighted by molar-refractivity contribution is 0.0498. The third-order valence-electron chi connectivity index (χ3n) is 6.44. The number of methoxy groups -OCH3 is 2. The Bertz CT molecular complexity index is 1020. The van der Waals surface area contributed by atoms with Gasteiger partial charge in [-0.3, -0.25) is 9.80 Å². The molecule has 1 N–H and O–H groups in total. The van der Waals surface area contributed by atoms with Crippen molar-refractivity contribution >= 4 is 0 Å². The molecule has 1 atom stereocenters. The van der Waals surface area contributed by atoms with Gasteiger partial charge in [0.25, 0.3) is 0 Å². The van der Waals surface area contributed by atoms with Crippen molar-refractivity contribution in [2.24, 2.45) is 0 Å². The number of hydrogen-bond donors (Lipinski definition) is 1. The van der Waals surface area contributed by atoms with E-state index in [2.05, 4.69) is 52.2 Å². The van der Waals surface area contributed by atoms with E-state index in [9.17, 15) is 5.11 Å². The van der Waals surface area contributed by atoms with Crippen LogP contribution in [0.5, 0.6) is 11.5 Å². The fourth-order valence-electron chi connectivity index (χ4n) is 4.59. The molecule has 1 unspecified atom stereocenters. The van der Waals surface area contributed by atoms with E-state index in [0.29, 0.717) is 6.04 Å². The molecule has 4 rings (SSSR count). The summed E-state index contributed by atoms with van der Waals surface area (Å²) in [5.41, 5.74) is 4.85. The van der Waals surface area contributed by atoms with Crippen LogP contribution in [-0.2, 0) is 13.1 Å². The van der Waals surface area contributed by atoms with Crippen molar-refractivity contribution in [3.8, 4) is 17.2 Å². The molecule has 1 aromatic heterocycles. The summed E-state index contributed by atoms with van der Waals surface area (Å²) in [4.78, 5) is 4.97. The topological polar surface area (TPSA) is 63.0 Å². The van der Waals surface area contributed by atoms with Crippen molar-refractivity contribution < 1.29 is 14.6 Å². The minimum Gasteiger partial charge on any atom is -0.497 e. The van der Waals surface area contributed by atoms with Gasteiger partial charge in [0, 0.05) is 63.8 Å². The van der Waals surface area contributed by atoms with E-state index >= 15 is 0 Å². The van der Waals surface area contributed by atoms with Crippen LogP contribution in [0.3, 0.4) is 0 Å². The molecule has 7 nitrogen and oxygen atoms in total. The highest BCUT2D eigenvalue weighted by molar-refractivity contribution is 5.40. The number of aliphatic hydroxyl groups is 1. The number of aliphatic hydroxyl groups excluding tert-OH is 1. The molecular formula is C26H34N4O3. The van der Waals surface area contributed by atoms with Gasteiger partial charge in [-0.2, -0.15) is 5.10 Å². The van der Waals surface area contributed by atoms with Crippen molar-refractivity contribution in [2.75, 3.05) is 40.5 Å². The smallest absolute Gasteiger partial charge is 0.122 e. The molecule has 3 aromatic rings. The summed E-state index contributed by atoms with van der Waals surface area (Å²) in [6.45, 7) is 6.95. The van der Waals surface area contributed by atoms with Crippen LogP contribution in [0.1, 0.15) is 23.1 Å². The molecular weight excluding hydrogens is 416 g/mol. The van der Waals surface area contributed by atoms with Gasteiger partial charge in [-0.1, -0.05) is 6.07 Å². The average molecular weight is 451 g/mol. The highest BCUT2D eigenvalue weighted by Crippen LogP contribution is 2.26. The highest BCUT2D eigenvalue weighted by Gasteiger charge is 2.27. The number of aromatic nitrogens is 2. The predicted octanol–water partition coefficient (Wildman–Crippen LogP) is 3.27. The first-order chi connectivity index (χ1) is 16.1. The zero-order chi connectivity index (χ0) is 23.2. The van der Waals surface area contributed by atoms with E-state index in [-0.39, 0.29) is 6.61 Å². The lowest BCUT2D eigenvalue weighted by Crippen LogP contribution is -2.52. The minimum absolute atomic E-state index is 0.189. The zero-order valence-electron chi connectivity index (χ0n) is 19.8. The Hall–Kier alpha value is -2.87. The molecule has 2 heterocycles. The monoisotopic (exact) mass is 450 g/mol. The molecule has 1 aliphatic rings. The Morgan fingerprint density at radius 1 is 1.03 bits per heavy atom. The summed E-state index contributed by atoms with van der Waals surface area (Å²) >= 11 is 0. The SMILES string of the molecule is COc1cc(CN2CCN(Cc3ccc(-n4cccn4)cc3C)CC2CCO)cc(OC)c1. The maximum Gasteiger partial charge on any atom is 0.122 e. The van der Waals surface area contributed by atoms with Crippen LogP contribution >= 0.6 is 0 Å². The molecule has 2 aromatic carbocycles. The summed E-state index contributed by atoms with van der Waals surface area (Å²) in [5, 5.41) is 14.0. The fourth-order valence-corrected chi connectivity index (χ4v) is 4.59. The lowest BCUT2D eigenvalue weighted by Gasteiger charge is -2.41. The first-order valence-electron chi connectivity index (χ1n) is 11.5. The lowest BCUT2D eigenvalue weighted by atomic mass is 10.0. The number of ether oxygens (including phenoxy) is 2. The molecule has 1 saturated heterocycles. The van der Waals surface area contributed by atoms with Crippen LogP contribution in [0.15, 0.2) is 54.9 Å². The van der Waals surface area contributed by atoms with Crippen LogP contribution in [0.2, 0.25) is 0 Å². The first kappa shape index (κ1) is 23.3. The molecule has 176 valence electrons. The normalized spacial score (nSPS) is 17.3. The zero-order valence-corrected chi connectivity index (χ0v) is 19.8. The number of aryl methyl sites for hydroxylation is 1. The molecule has 0 saturated carbocycles. The van der Waals surface area contributed by atoms with Gasteiger partial charge in [0.15, 0.2) is 0 Å². The van der Waals surface area contributed by atoms with Crippen LogP contribution in [-0.4, -0.2) is 71.2 Å².